The number of hydrogen-bond acceptors (Lipinski definition) is 4. The van der Waals surface area contributed by atoms with Crippen LogP contribution in [0.3, 0.4) is 0 Å². The van der Waals surface area contributed by atoms with Crippen LogP contribution in [0.15, 0.2) is 42.2 Å². The first-order chi connectivity index (χ1) is 11.2. The summed E-state index contributed by atoms with van der Waals surface area (Å²) in [5.41, 5.74) is 4.81. The molecule has 2 aromatic rings. The second kappa shape index (κ2) is 6.62. The third-order valence-electron chi connectivity index (χ3n) is 4.16. The van der Waals surface area contributed by atoms with E-state index in [9.17, 15) is 20.2 Å². The Morgan fingerprint density at radius 3 is 1.38 bits per heavy atom. The van der Waals surface area contributed by atoms with Crippen molar-refractivity contribution < 1.29 is 9.85 Å². The number of nitrogens with zero attached hydrogens (tertiary/aromatic N) is 2. The second-order valence-electron chi connectivity index (χ2n) is 5.81. The van der Waals surface area contributed by atoms with Crippen molar-refractivity contribution in [2.24, 2.45) is 0 Å². The van der Waals surface area contributed by atoms with Gasteiger partial charge in [-0.3, -0.25) is 20.2 Å². The standard InChI is InChI=1S/C18H18N2O4/c1-11-5-7-15(9-13(11)3)17(18(19(21)22)20(23)24)16-8-6-12(2)14(4)10-16/h5-10H,1-4H3. The maximum Gasteiger partial charge on any atom is 0.567 e. The molecule has 0 saturated carbocycles. The third kappa shape index (κ3) is 3.32. The lowest BCUT2D eigenvalue weighted by Gasteiger charge is -2.10. The Balaban J connectivity index is 2.85. The lowest BCUT2D eigenvalue weighted by Crippen LogP contribution is -2.13. The third-order valence-corrected chi connectivity index (χ3v) is 4.16. The highest BCUT2D eigenvalue weighted by molar-refractivity contribution is 5.81. The Bertz CT molecular complexity index is 800. The van der Waals surface area contributed by atoms with Crippen LogP contribution in [0.2, 0.25) is 0 Å². The van der Waals surface area contributed by atoms with Gasteiger partial charge in [-0.2, -0.15) is 0 Å². The zero-order valence-corrected chi connectivity index (χ0v) is 14.0. The van der Waals surface area contributed by atoms with E-state index in [0.29, 0.717) is 11.1 Å². The van der Waals surface area contributed by atoms with Gasteiger partial charge < -0.3 is 0 Å². The molecule has 0 spiro atoms. The highest BCUT2D eigenvalue weighted by atomic mass is 16.7. The Hall–Kier alpha value is -3.02. The van der Waals surface area contributed by atoms with Crippen molar-refractivity contribution in [1.29, 1.82) is 0 Å². The molecule has 0 aliphatic carbocycles. The minimum atomic E-state index is -1.01. The molecule has 0 fully saturated rings. The molecule has 0 N–H and O–H groups in total. The molecule has 6 nitrogen and oxygen atoms in total. The molecular weight excluding hydrogens is 308 g/mol. The molecule has 0 radical (unpaired) electrons. The molecule has 0 unspecified atom stereocenters. The van der Waals surface area contributed by atoms with E-state index in [-0.39, 0.29) is 5.57 Å². The van der Waals surface area contributed by atoms with E-state index in [1.54, 1.807) is 24.3 Å². The van der Waals surface area contributed by atoms with E-state index in [1.165, 1.54) is 0 Å². The molecule has 0 saturated heterocycles. The van der Waals surface area contributed by atoms with Crippen molar-refractivity contribution in [2.75, 3.05) is 0 Å². The molecule has 0 bridgehead atoms. The molecule has 2 aromatic carbocycles. The predicted molar refractivity (Wildman–Crippen MR) is 91.8 cm³/mol. The van der Waals surface area contributed by atoms with Gasteiger partial charge in [-0.05, 0) is 61.1 Å². The fraction of sp³-hybridized carbons (Fsp3) is 0.222. The lowest BCUT2D eigenvalue weighted by molar-refractivity contribution is -0.614. The number of benzene rings is 2. The first-order valence-electron chi connectivity index (χ1n) is 7.40. The molecule has 0 aliphatic heterocycles. The Kier molecular flexibility index (Phi) is 4.78. The van der Waals surface area contributed by atoms with Crippen molar-refractivity contribution in [3.63, 3.8) is 0 Å². The number of rotatable bonds is 4. The van der Waals surface area contributed by atoms with E-state index in [4.69, 9.17) is 0 Å². The molecule has 6 heteroatoms. The minimum absolute atomic E-state index is 0.0243. The number of nitro groups is 2. The molecule has 24 heavy (non-hydrogen) atoms. The highest BCUT2D eigenvalue weighted by Crippen LogP contribution is 2.30. The van der Waals surface area contributed by atoms with Crippen LogP contribution in [0.25, 0.3) is 5.57 Å². The molecule has 0 atom stereocenters. The highest BCUT2D eigenvalue weighted by Gasteiger charge is 2.34. The molecule has 0 amide bonds. The maximum absolute atomic E-state index is 11.3. The van der Waals surface area contributed by atoms with E-state index in [2.05, 4.69) is 0 Å². The zero-order valence-electron chi connectivity index (χ0n) is 14.0. The largest absolute Gasteiger partial charge is 0.567 e. The van der Waals surface area contributed by atoms with Gasteiger partial charge in [0.1, 0.15) is 15.4 Å². The van der Waals surface area contributed by atoms with Gasteiger partial charge in [-0.15, -0.1) is 0 Å². The van der Waals surface area contributed by atoms with Gasteiger partial charge in [0.05, 0.1) is 0 Å². The number of hydrogen-bond donors (Lipinski definition) is 0. The summed E-state index contributed by atoms with van der Waals surface area (Å²) in [6.07, 6.45) is 0. The zero-order chi connectivity index (χ0) is 18.0. The van der Waals surface area contributed by atoms with Gasteiger partial charge in [0.15, 0.2) is 0 Å². The second-order valence-corrected chi connectivity index (χ2v) is 5.81. The Morgan fingerprint density at radius 1 is 0.708 bits per heavy atom. The topological polar surface area (TPSA) is 86.3 Å². The lowest BCUT2D eigenvalue weighted by atomic mass is 9.93. The molecule has 0 aliphatic rings. The number of aryl methyl sites for hydroxylation is 4. The van der Waals surface area contributed by atoms with E-state index in [0.717, 1.165) is 22.3 Å². The Morgan fingerprint density at radius 2 is 1.08 bits per heavy atom. The van der Waals surface area contributed by atoms with E-state index in [1.807, 2.05) is 39.8 Å². The van der Waals surface area contributed by atoms with Crippen LogP contribution in [0.1, 0.15) is 33.4 Å². The summed E-state index contributed by atoms with van der Waals surface area (Å²) in [4.78, 5) is 20.8. The average molecular weight is 326 g/mol. The maximum atomic E-state index is 11.3. The monoisotopic (exact) mass is 326 g/mol. The molecule has 124 valence electrons. The van der Waals surface area contributed by atoms with Crippen LogP contribution in [-0.2, 0) is 0 Å². The summed E-state index contributed by atoms with van der Waals surface area (Å²) in [6.45, 7) is 7.57. The van der Waals surface area contributed by atoms with Gasteiger partial charge in [0, 0.05) is 0 Å². The first-order valence-corrected chi connectivity index (χ1v) is 7.40. The summed E-state index contributed by atoms with van der Waals surface area (Å²) in [5, 5.41) is 22.7. The summed E-state index contributed by atoms with van der Waals surface area (Å²) >= 11 is 0. The fourth-order valence-corrected chi connectivity index (χ4v) is 2.47. The molecule has 0 heterocycles. The van der Waals surface area contributed by atoms with Crippen molar-refractivity contribution in [2.45, 2.75) is 27.7 Å². The molecular formula is C18H18N2O4. The first kappa shape index (κ1) is 17.3. The van der Waals surface area contributed by atoms with Crippen LogP contribution in [0, 0.1) is 47.9 Å². The predicted octanol–water partition coefficient (Wildman–Crippen LogP) is 4.19. The summed E-state index contributed by atoms with van der Waals surface area (Å²) in [7, 11) is 0. The van der Waals surface area contributed by atoms with E-state index >= 15 is 0 Å². The van der Waals surface area contributed by atoms with Crippen LogP contribution in [-0.4, -0.2) is 9.85 Å². The fourth-order valence-electron chi connectivity index (χ4n) is 2.47. The van der Waals surface area contributed by atoms with Gasteiger partial charge in [-0.1, -0.05) is 36.4 Å². The van der Waals surface area contributed by atoms with Crippen LogP contribution in [0.5, 0.6) is 0 Å². The summed E-state index contributed by atoms with van der Waals surface area (Å²) in [6, 6.07) is 10.5. The molecule has 0 aromatic heterocycles. The van der Waals surface area contributed by atoms with Gasteiger partial charge >= 0.3 is 5.82 Å². The smallest absolute Gasteiger partial charge is 0.253 e. The quantitative estimate of drug-likeness (QED) is 0.622. The van der Waals surface area contributed by atoms with Crippen molar-refractivity contribution in [3.05, 3.63) is 95.8 Å². The van der Waals surface area contributed by atoms with Crippen molar-refractivity contribution in [1.82, 2.24) is 0 Å². The van der Waals surface area contributed by atoms with Crippen molar-refractivity contribution >= 4 is 5.57 Å². The van der Waals surface area contributed by atoms with E-state index < -0.39 is 15.7 Å². The SMILES string of the molecule is Cc1ccc(C(=C([N+](=O)[O-])[N+](=O)[O-])c2ccc(C)c(C)c2)cc1C. The molecule has 2 rings (SSSR count). The minimum Gasteiger partial charge on any atom is -0.253 e. The summed E-state index contributed by atoms with van der Waals surface area (Å²) < 4.78 is 0. The van der Waals surface area contributed by atoms with Gasteiger partial charge in [0.25, 0.3) is 0 Å². The van der Waals surface area contributed by atoms with Crippen LogP contribution < -0.4 is 0 Å². The van der Waals surface area contributed by atoms with Crippen LogP contribution >= 0.6 is 0 Å². The summed E-state index contributed by atoms with van der Waals surface area (Å²) in [5.74, 6) is -1.01. The van der Waals surface area contributed by atoms with Crippen LogP contribution in [0.4, 0.5) is 0 Å². The normalized spacial score (nSPS) is 10.3. The Labute approximate surface area is 139 Å². The average Bonchev–Trinajstić information content (AvgIpc) is 2.49. The van der Waals surface area contributed by atoms with Gasteiger partial charge in [0.2, 0.25) is 0 Å². The van der Waals surface area contributed by atoms with Crippen molar-refractivity contribution in [3.8, 4) is 0 Å². The van der Waals surface area contributed by atoms with Gasteiger partial charge in [-0.25, -0.2) is 0 Å².